The number of hydrogen-bond acceptors (Lipinski definition) is 11. The smallest absolute Gasteiger partial charge is 0.339 e. The van der Waals surface area contributed by atoms with Crippen LogP contribution in [0.4, 0.5) is 0 Å². The van der Waals surface area contributed by atoms with Crippen molar-refractivity contribution in [3.05, 3.63) is 141 Å². The largest absolute Gasteiger partial charge is 0.478 e. The highest BCUT2D eigenvalue weighted by atomic mass is 16.5. The van der Waals surface area contributed by atoms with Gasteiger partial charge in [0.1, 0.15) is 24.4 Å². The number of hydrogen-bond donors (Lipinski definition) is 4. The van der Waals surface area contributed by atoms with Gasteiger partial charge in [0.25, 0.3) is 0 Å². The minimum atomic E-state index is -1.65. The predicted molar refractivity (Wildman–Crippen MR) is 183 cm³/mol. The molecule has 0 aromatic heterocycles. The van der Waals surface area contributed by atoms with Gasteiger partial charge in [0.2, 0.25) is 0 Å². The van der Waals surface area contributed by atoms with Crippen LogP contribution in [0.15, 0.2) is 84.9 Å². The molecule has 52 heavy (non-hydrogen) atoms. The third-order valence-corrected chi connectivity index (χ3v) is 7.69. The van der Waals surface area contributed by atoms with Crippen LogP contribution in [0.1, 0.15) is 117 Å². The molecule has 0 aliphatic rings. The lowest BCUT2D eigenvalue weighted by atomic mass is 9.95. The third-order valence-electron chi connectivity index (χ3n) is 7.69. The van der Waals surface area contributed by atoms with Crippen LogP contribution in [0.25, 0.3) is 0 Å². The van der Waals surface area contributed by atoms with Crippen molar-refractivity contribution in [3.63, 3.8) is 0 Å². The van der Waals surface area contributed by atoms with Gasteiger partial charge in [-0.1, -0.05) is 48.5 Å². The number of carbonyl (C=O) groups is 7. The molecule has 4 aromatic carbocycles. The molecule has 0 bridgehead atoms. The molecule has 4 N–H and O–H groups in total. The Morgan fingerprint density at radius 3 is 1.33 bits per heavy atom. The fraction of sp³-hybridized carbons (Fsp3) is 0.205. The van der Waals surface area contributed by atoms with Gasteiger partial charge in [0, 0.05) is 22.3 Å². The lowest BCUT2D eigenvalue weighted by Crippen LogP contribution is -2.31. The Bertz CT molecular complexity index is 2110. The van der Waals surface area contributed by atoms with Crippen LogP contribution >= 0.6 is 0 Å². The summed E-state index contributed by atoms with van der Waals surface area (Å²) in [6.45, 7) is 4.58. The van der Waals surface area contributed by atoms with E-state index in [1.807, 2.05) is 0 Å². The molecule has 0 fully saturated rings. The van der Waals surface area contributed by atoms with Gasteiger partial charge in [-0.05, 0) is 75.2 Å². The first kappa shape index (κ1) is 38.5. The number of Topliss-reactive ketones (excluding diaryl/α,β-unsaturated/α-hetero) is 2. The third kappa shape index (κ3) is 9.07. The number of ketones is 3. The van der Waals surface area contributed by atoms with Gasteiger partial charge < -0.3 is 29.9 Å². The van der Waals surface area contributed by atoms with Crippen molar-refractivity contribution in [2.45, 2.75) is 52.1 Å². The summed E-state index contributed by atoms with van der Waals surface area (Å²) >= 11 is 0. The van der Waals surface area contributed by atoms with Gasteiger partial charge >= 0.3 is 23.9 Å². The first-order valence-electron chi connectivity index (χ1n) is 15.6. The topological polar surface area (TPSA) is 219 Å². The lowest BCUT2D eigenvalue weighted by molar-refractivity contribution is 0.0456. The zero-order valence-electron chi connectivity index (χ0n) is 28.5. The number of rotatable bonds is 14. The molecule has 0 aliphatic heterocycles. The van der Waals surface area contributed by atoms with Gasteiger partial charge in [-0.15, -0.1) is 0 Å². The summed E-state index contributed by atoms with van der Waals surface area (Å²) in [6.07, 6.45) is 0. The summed E-state index contributed by atoms with van der Waals surface area (Å²) < 4.78 is 10.6. The van der Waals surface area contributed by atoms with Crippen LogP contribution in [0, 0.1) is 0 Å². The molecular weight excluding hydrogens is 676 g/mol. The zero-order chi connectivity index (χ0) is 38.5. The Balaban J connectivity index is 1.54. The standard InChI is InChI=1S/C39H34O13/c1-38(2,49)32(41)25-9-5-7-21(15-25)19-51-36(47)28-14-12-23(17-29(28)35(45)46)31(40)24-11-13-27(34(43)44)30(18-24)37(48)52-20-22-8-6-10-26(16-22)33(42)39(3,4)50/h5-18,49-50H,19-20H2,1-4H3,(H,43,44)(H,45,46). The molecule has 13 heteroatoms. The minimum absolute atomic E-state index is 0.158. The molecule has 0 saturated heterocycles. The van der Waals surface area contributed by atoms with Crippen molar-refractivity contribution >= 4 is 41.2 Å². The van der Waals surface area contributed by atoms with E-state index >= 15 is 0 Å². The average molecular weight is 711 g/mol. The molecule has 268 valence electrons. The number of ether oxygens (including phenoxy) is 2. The van der Waals surface area contributed by atoms with E-state index in [2.05, 4.69) is 0 Å². The summed E-state index contributed by atoms with van der Waals surface area (Å²) in [5.41, 5.74) is -4.51. The van der Waals surface area contributed by atoms with Crippen LogP contribution in [0.5, 0.6) is 0 Å². The molecule has 13 nitrogen and oxygen atoms in total. The number of carboxylic acids is 2. The number of aromatic carboxylic acids is 2. The number of esters is 2. The molecule has 0 heterocycles. The van der Waals surface area contributed by atoms with Gasteiger partial charge in [0.05, 0.1) is 22.3 Å². The number of aliphatic hydroxyl groups is 2. The van der Waals surface area contributed by atoms with Crippen molar-refractivity contribution < 1.29 is 63.5 Å². The van der Waals surface area contributed by atoms with Crippen LogP contribution in [0.2, 0.25) is 0 Å². The highest BCUT2D eigenvalue weighted by Gasteiger charge is 2.28. The molecule has 0 spiro atoms. The second-order valence-corrected chi connectivity index (χ2v) is 12.8. The van der Waals surface area contributed by atoms with E-state index in [9.17, 15) is 54.0 Å². The molecule has 0 atom stereocenters. The zero-order valence-corrected chi connectivity index (χ0v) is 28.5. The Morgan fingerprint density at radius 1 is 0.500 bits per heavy atom. The summed E-state index contributed by atoms with van der Waals surface area (Å²) in [5, 5.41) is 39.6. The van der Waals surface area contributed by atoms with Crippen molar-refractivity contribution in [2.24, 2.45) is 0 Å². The first-order chi connectivity index (χ1) is 24.3. The van der Waals surface area contributed by atoms with Crippen LogP contribution in [-0.2, 0) is 22.7 Å². The molecule has 4 rings (SSSR count). The van der Waals surface area contributed by atoms with Gasteiger partial charge in [0.15, 0.2) is 17.3 Å². The molecule has 0 amide bonds. The monoisotopic (exact) mass is 710 g/mol. The maximum Gasteiger partial charge on any atom is 0.339 e. The van der Waals surface area contributed by atoms with Gasteiger partial charge in [-0.25, -0.2) is 19.2 Å². The Labute approximate surface area is 297 Å². The highest BCUT2D eigenvalue weighted by Crippen LogP contribution is 2.22. The molecule has 0 unspecified atom stereocenters. The summed E-state index contributed by atoms with van der Waals surface area (Å²) in [7, 11) is 0. The van der Waals surface area contributed by atoms with Crippen LogP contribution < -0.4 is 0 Å². The number of benzene rings is 4. The average Bonchev–Trinajstić information content (AvgIpc) is 3.10. The Hall–Kier alpha value is -6.31. The first-order valence-corrected chi connectivity index (χ1v) is 15.6. The van der Waals surface area contributed by atoms with E-state index in [4.69, 9.17) is 9.47 Å². The minimum Gasteiger partial charge on any atom is -0.478 e. The van der Waals surface area contributed by atoms with E-state index < -0.39 is 69.1 Å². The van der Waals surface area contributed by atoms with Crippen molar-refractivity contribution in [1.82, 2.24) is 0 Å². The maximum absolute atomic E-state index is 13.5. The molecule has 0 aliphatic carbocycles. The molecule has 4 aromatic rings. The van der Waals surface area contributed by atoms with Crippen molar-refractivity contribution in [3.8, 4) is 0 Å². The summed E-state index contributed by atoms with van der Waals surface area (Å²) in [5.74, 6) is -7.13. The Kier molecular flexibility index (Phi) is 11.3. The fourth-order valence-electron chi connectivity index (χ4n) is 5.01. The normalized spacial score (nSPS) is 11.3. The predicted octanol–water partition coefficient (Wildman–Crippen LogP) is 4.94. The molecule has 0 saturated carbocycles. The fourth-order valence-corrected chi connectivity index (χ4v) is 5.01. The van der Waals surface area contributed by atoms with Gasteiger partial charge in [-0.3, -0.25) is 14.4 Å². The quantitative estimate of drug-likeness (QED) is 0.101. The van der Waals surface area contributed by atoms with E-state index in [-0.39, 0.29) is 41.0 Å². The SMILES string of the molecule is CC(C)(O)C(=O)c1cccc(COC(=O)c2ccc(C(=O)c3ccc(C(=O)O)c(C(=O)OCc4cccc(C(=O)C(C)(C)O)c4)c3)cc2C(=O)O)c1. The Morgan fingerprint density at radius 2 is 0.904 bits per heavy atom. The van der Waals surface area contributed by atoms with Crippen molar-refractivity contribution in [2.75, 3.05) is 0 Å². The highest BCUT2D eigenvalue weighted by molar-refractivity contribution is 6.13. The second-order valence-electron chi connectivity index (χ2n) is 12.8. The maximum atomic E-state index is 13.5. The van der Waals surface area contributed by atoms with E-state index in [1.54, 1.807) is 12.1 Å². The van der Waals surface area contributed by atoms with Crippen LogP contribution in [0.3, 0.4) is 0 Å². The summed E-state index contributed by atoms with van der Waals surface area (Å²) in [6, 6.07) is 18.3. The molecular formula is C39H34O13. The number of carboxylic acid groups (broad SMARTS) is 2. The van der Waals surface area contributed by atoms with E-state index in [0.29, 0.717) is 11.1 Å². The van der Waals surface area contributed by atoms with E-state index in [0.717, 1.165) is 30.3 Å². The van der Waals surface area contributed by atoms with Crippen molar-refractivity contribution in [1.29, 1.82) is 0 Å². The van der Waals surface area contributed by atoms with Gasteiger partial charge in [-0.2, -0.15) is 0 Å². The summed E-state index contributed by atoms with van der Waals surface area (Å²) in [4.78, 5) is 88.4. The lowest BCUT2D eigenvalue weighted by Gasteiger charge is -2.16. The second kappa shape index (κ2) is 15.3. The number of carbonyl (C=O) groups excluding carboxylic acids is 5. The van der Waals surface area contributed by atoms with Crippen LogP contribution in [-0.4, -0.2) is 72.9 Å². The molecule has 0 radical (unpaired) electrons. The van der Waals surface area contributed by atoms with E-state index in [1.165, 1.54) is 70.2 Å².